The molecule has 10 heteroatoms. The summed E-state index contributed by atoms with van der Waals surface area (Å²) in [6.07, 6.45) is 2.83. The number of nitrogens with two attached hydrogens (primary N) is 2. The second-order valence-corrected chi connectivity index (χ2v) is 8.61. The van der Waals surface area contributed by atoms with Crippen LogP contribution in [0.25, 0.3) is 0 Å². The molecule has 1 saturated carbocycles. The average Bonchev–Trinajstić information content (AvgIpc) is 3.30. The predicted molar refractivity (Wildman–Crippen MR) is 92.5 cm³/mol. The molecular weight excluding hydrogens is 360 g/mol. The largest absolute Gasteiger partial charge is 0.438 e. The Morgan fingerprint density at radius 1 is 1.15 bits per heavy atom. The highest BCUT2D eigenvalue weighted by Gasteiger charge is 2.38. The normalized spacial score (nSPS) is 24.7. The molecule has 1 aromatic heterocycles. The van der Waals surface area contributed by atoms with Crippen molar-refractivity contribution in [3.63, 3.8) is 0 Å². The number of carbonyl (C=O) groups is 2. The number of primary amides is 1. The van der Waals surface area contributed by atoms with Gasteiger partial charge < -0.3 is 20.8 Å². The van der Waals surface area contributed by atoms with Crippen molar-refractivity contribution in [1.29, 1.82) is 0 Å². The van der Waals surface area contributed by atoms with Gasteiger partial charge in [0.05, 0.1) is 0 Å². The van der Waals surface area contributed by atoms with E-state index in [0.717, 1.165) is 19.3 Å². The van der Waals surface area contributed by atoms with Crippen molar-refractivity contribution in [1.82, 2.24) is 9.21 Å². The highest BCUT2D eigenvalue weighted by Crippen LogP contribution is 2.32. The van der Waals surface area contributed by atoms with Crippen LogP contribution in [-0.2, 0) is 14.8 Å². The maximum absolute atomic E-state index is 12.7. The molecule has 4 N–H and O–H groups in total. The summed E-state index contributed by atoms with van der Waals surface area (Å²) in [5, 5.41) is -0.315. The molecule has 0 unspecified atom stereocenters. The molecule has 0 spiro atoms. The Kier molecular flexibility index (Phi) is 5.35. The first kappa shape index (κ1) is 18.9. The summed E-state index contributed by atoms with van der Waals surface area (Å²) in [6.45, 7) is 1.53. The van der Waals surface area contributed by atoms with E-state index in [1.807, 2.05) is 0 Å². The van der Waals surface area contributed by atoms with Crippen molar-refractivity contribution in [2.24, 2.45) is 23.3 Å². The van der Waals surface area contributed by atoms with Crippen molar-refractivity contribution in [3.05, 3.63) is 17.9 Å². The van der Waals surface area contributed by atoms with Gasteiger partial charge in [-0.2, -0.15) is 4.31 Å². The molecule has 144 valence electrons. The Morgan fingerprint density at radius 2 is 1.85 bits per heavy atom. The lowest BCUT2D eigenvalue weighted by Crippen LogP contribution is -2.52. The van der Waals surface area contributed by atoms with Crippen LogP contribution in [0.15, 0.2) is 21.6 Å². The van der Waals surface area contributed by atoms with Gasteiger partial charge in [-0.15, -0.1) is 0 Å². The van der Waals surface area contributed by atoms with E-state index in [1.165, 1.54) is 16.4 Å². The van der Waals surface area contributed by atoms with E-state index in [1.54, 1.807) is 4.90 Å². The molecule has 0 aromatic carbocycles. The zero-order valence-corrected chi connectivity index (χ0v) is 15.3. The Morgan fingerprint density at radius 3 is 2.42 bits per heavy atom. The first-order valence-electron chi connectivity index (χ1n) is 8.73. The Bertz CT molecular complexity index is 782. The fourth-order valence-electron chi connectivity index (χ4n) is 3.75. The van der Waals surface area contributed by atoms with Gasteiger partial charge in [0.25, 0.3) is 15.9 Å². The highest BCUT2D eigenvalue weighted by molar-refractivity contribution is 7.89. The lowest BCUT2D eigenvalue weighted by molar-refractivity contribution is -0.137. The van der Waals surface area contributed by atoms with E-state index in [4.69, 9.17) is 15.9 Å². The lowest BCUT2D eigenvalue weighted by Gasteiger charge is -2.35. The van der Waals surface area contributed by atoms with E-state index in [-0.39, 0.29) is 41.7 Å². The SMILES string of the molecule is NC[C@H]1CCC[C@H]1C(=O)N1CCN(S(=O)(=O)c2ccc(C(N)=O)o2)CC1. The molecule has 1 saturated heterocycles. The molecule has 9 nitrogen and oxygen atoms in total. The lowest BCUT2D eigenvalue weighted by atomic mass is 9.94. The van der Waals surface area contributed by atoms with Crippen molar-refractivity contribution in [2.75, 3.05) is 32.7 Å². The van der Waals surface area contributed by atoms with E-state index in [9.17, 15) is 18.0 Å². The van der Waals surface area contributed by atoms with Gasteiger partial charge in [-0.1, -0.05) is 6.42 Å². The molecule has 2 atom stereocenters. The number of amides is 2. The minimum atomic E-state index is -3.86. The van der Waals surface area contributed by atoms with Crippen LogP contribution in [0.2, 0.25) is 0 Å². The fourth-order valence-corrected chi connectivity index (χ4v) is 5.08. The van der Waals surface area contributed by atoms with E-state index in [0.29, 0.717) is 19.6 Å². The van der Waals surface area contributed by atoms with E-state index in [2.05, 4.69) is 0 Å². The van der Waals surface area contributed by atoms with Gasteiger partial charge in [0.1, 0.15) is 0 Å². The molecule has 1 aliphatic carbocycles. The molecule has 2 aliphatic rings. The summed E-state index contributed by atoms with van der Waals surface area (Å²) < 4.78 is 31.5. The monoisotopic (exact) mass is 384 g/mol. The van der Waals surface area contributed by atoms with Crippen LogP contribution in [0.4, 0.5) is 0 Å². The van der Waals surface area contributed by atoms with Gasteiger partial charge in [-0.3, -0.25) is 9.59 Å². The summed E-state index contributed by atoms with van der Waals surface area (Å²) >= 11 is 0. The second kappa shape index (κ2) is 7.37. The number of sulfonamides is 1. The molecule has 2 heterocycles. The molecule has 2 amide bonds. The average molecular weight is 384 g/mol. The van der Waals surface area contributed by atoms with Gasteiger partial charge in [-0.05, 0) is 37.4 Å². The maximum atomic E-state index is 12.7. The van der Waals surface area contributed by atoms with Gasteiger partial charge in [0.2, 0.25) is 11.0 Å². The van der Waals surface area contributed by atoms with Crippen molar-refractivity contribution < 1.29 is 22.4 Å². The molecule has 26 heavy (non-hydrogen) atoms. The number of hydrogen-bond donors (Lipinski definition) is 2. The number of hydrogen-bond acceptors (Lipinski definition) is 6. The van der Waals surface area contributed by atoms with Gasteiger partial charge in [0, 0.05) is 32.1 Å². The van der Waals surface area contributed by atoms with Crippen LogP contribution < -0.4 is 11.5 Å². The van der Waals surface area contributed by atoms with Gasteiger partial charge in [0.15, 0.2) is 5.76 Å². The maximum Gasteiger partial charge on any atom is 0.284 e. The summed E-state index contributed by atoms with van der Waals surface area (Å²) in [7, 11) is -3.86. The predicted octanol–water partition coefficient (Wildman–Crippen LogP) is -0.414. The fraction of sp³-hybridized carbons (Fsp3) is 0.625. The van der Waals surface area contributed by atoms with Crippen LogP contribution in [0.3, 0.4) is 0 Å². The minimum Gasteiger partial charge on any atom is -0.438 e. The summed E-state index contributed by atoms with van der Waals surface area (Å²) in [5.74, 6) is -0.783. The Balaban J connectivity index is 1.64. The highest BCUT2D eigenvalue weighted by atomic mass is 32.2. The third-order valence-corrected chi connectivity index (χ3v) is 7.02. The Labute approximate surface area is 152 Å². The molecule has 2 fully saturated rings. The smallest absolute Gasteiger partial charge is 0.284 e. The van der Waals surface area contributed by atoms with Crippen LogP contribution >= 0.6 is 0 Å². The zero-order chi connectivity index (χ0) is 18.9. The topological polar surface area (TPSA) is 140 Å². The molecule has 0 bridgehead atoms. The number of nitrogens with zero attached hydrogens (tertiary/aromatic N) is 2. The van der Waals surface area contributed by atoms with E-state index >= 15 is 0 Å². The first-order chi connectivity index (χ1) is 12.3. The molecule has 0 radical (unpaired) electrons. The summed E-state index contributed by atoms with van der Waals surface area (Å²) in [4.78, 5) is 25.5. The second-order valence-electron chi connectivity index (χ2n) is 6.75. The minimum absolute atomic E-state index is 0.0497. The zero-order valence-electron chi connectivity index (χ0n) is 14.5. The Hall–Kier alpha value is -1.91. The quantitative estimate of drug-likeness (QED) is 0.707. The van der Waals surface area contributed by atoms with Crippen LogP contribution in [0.5, 0.6) is 0 Å². The third kappa shape index (κ3) is 3.49. The molecular formula is C16H24N4O5S. The van der Waals surface area contributed by atoms with Gasteiger partial charge >= 0.3 is 0 Å². The standard InChI is InChI=1S/C16H24N4O5S/c17-10-11-2-1-3-12(11)16(22)19-6-8-20(9-7-19)26(23,24)14-5-4-13(25-14)15(18)21/h4-5,11-12H,1-3,6-10,17H2,(H2,18,21)/t11-,12-/m1/s1. The van der Waals surface area contributed by atoms with Crippen LogP contribution in [0.1, 0.15) is 29.8 Å². The number of rotatable bonds is 5. The third-order valence-electron chi connectivity index (χ3n) is 5.25. The summed E-state index contributed by atoms with van der Waals surface area (Å²) in [6, 6.07) is 2.46. The van der Waals surface area contributed by atoms with Crippen molar-refractivity contribution in [2.45, 2.75) is 24.4 Å². The van der Waals surface area contributed by atoms with Crippen LogP contribution in [0, 0.1) is 11.8 Å². The number of furan rings is 1. The number of piperazine rings is 1. The molecule has 1 aliphatic heterocycles. The van der Waals surface area contributed by atoms with Crippen molar-refractivity contribution in [3.8, 4) is 0 Å². The van der Waals surface area contributed by atoms with Crippen molar-refractivity contribution >= 4 is 21.8 Å². The summed E-state index contributed by atoms with van der Waals surface area (Å²) in [5.41, 5.74) is 10.8. The number of carbonyl (C=O) groups excluding carboxylic acids is 2. The molecule has 3 rings (SSSR count). The van der Waals surface area contributed by atoms with Gasteiger partial charge in [-0.25, -0.2) is 8.42 Å². The molecule has 1 aromatic rings. The van der Waals surface area contributed by atoms with E-state index < -0.39 is 15.9 Å². The van der Waals surface area contributed by atoms with Crippen LogP contribution in [-0.4, -0.2) is 62.2 Å². The first-order valence-corrected chi connectivity index (χ1v) is 10.2.